The number of rotatable bonds is 6. The maximum absolute atomic E-state index is 13.2. The van der Waals surface area contributed by atoms with Crippen LogP contribution in [-0.4, -0.2) is 30.6 Å². The van der Waals surface area contributed by atoms with Gasteiger partial charge >= 0.3 is 0 Å². The van der Waals surface area contributed by atoms with E-state index in [9.17, 15) is 8.78 Å². The summed E-state index contributed by atoms with van der Waals surface area (Å²) in [6.45, 7) is 5.78. The van der Waals surface area contributed by atoms with Gasteiger partial charge in [0.1, 0.15) is 11.6 Å². The standard InChI is InChI=1S/C15H22F2N2/c1-2-5-18-10-15-4-3-6-19(15)11-12-7-13(16)9-14(17)8-12/h7-9,15,18H,2-6,10-11H2,1H3. The largest absolute Gasteiger partial charge is 0.315 e. The smallest absolute Gasteiger partial charge is 0.126 e. The second kappa shape index (κ2) is 6.96. The van der Waals surface area contributed by atoms with Crippen LogP contribution in [-0.2, 0) is 6.54 Å². The van der Waals surface area contributed by atoms with Crippen molar-refractivity contribution in [2.75, 3.05) is 19.6 Å². The first kappa shape index (κ1) is 14.4. The van der Waals surface area contributed by atoms with Gasteiger partial charge in [-0.1, -0.05) is 6.92 Å². The van der Waals surface area contributed by atoms with Crippen molar-refractivity contribution in [1.29, 1.82) is 0 Å². The maximum Gasteiger partial charge on any atom is 0.126 e. The monoisotopic (exact) mass is 268 g/mol. The first-order valence-corrected chi connectivity index (χ1v) is 7.08. The zero-order chi connectivity index (χ0) is 13.7. The number of nitrogens with zero attached hydrogens (tertiary/aromatic N) is 1. The van der Waals surface area contributed by atoms with Gasteiger partial charge in [0.25, 0.3) is 0 Å². The molecule has 1 aliphatic rings. The Labute approximate surface area is 113 Å². The summed E-state index contributed by atoms with van der Waals surface area (Å²) in [5, 5.41) is 3.43. The van der Waals surface area contributed by atoms with E-state index in [-0.39, 0.29) is 0 Å². The molecule has 0 amide bonds. The molecule has 0 radical (unpaired) electrons. The van der Waals surface area contributed by atoms with Crippen LogP contribution in [0, 0.1) is 11.6 Å². The lowest BCUT2D eigenvalue weighted by Crippen LogP contribution is -2.37. The molecule has 19 heavy (non-hydrogen) atoms. The fraction of sp³-hybridized carbons (Fsp3) is 0.600. The average molecular weight is 268 g/mol. The third-order valence-electron chi connectivity index (χ3n) is 3.61. The molecule has 2 rings (SSSR count). The Balaban J connectivity index is 1.93. The van der Waals surface area contributed by atoms with E-state index in [1.807, 2.05) is 0 Å². The topological polar surface area (TPSA) is 15.3 Å². The minimum atomic E-state index is -0.491. The van der Waals surface area contributed by atoms with Gasteiger partial charge in [-0.25, -0.2) is 8.78 Å². The Morgan fingerprint density at radius 2 is 2.00 bits per heavy atom. The van der Waals surface area contributed by atoms with Crippen LogP contribution in [0.5, 0.6) is 0 Å². The molecule has 106 valence electrons. The van der Waals surface area contributed by atoms with Gasteiger partial charge in [0.2, 0.25) is 0 Å². The van der Waals surface area contributed by atoms with E-state index >= 15 is 0 Å². The first-order valence-electron chi connectivity index (χ1n) is 7.08. The van der Waals surface area contributed by atoms with Gasteiger partial charge in [0.15, 0.2) is 0 Å². The average Bonchev–Trinajstić information content (AvgIpc) is 2.76. The number of nitrogens with one attached hydrogen (secondary N) is 1. The molecule has 0 bridgehead atoms. The molecule has 0 aliphatic carbocycles. The van der Waals surface area contributed by atoms with E-state index in [2.05, 4.69) is 17.1 Å². The molecular weight excluding hydrogens is 246 g/mol. The van der Waals surface area contributed by atoms with E-state index in [1.54, 1.807) is 0 Å². The molecule has 1 N–H and O–H groups in total. The Bertz CT molecular complexity index is 389. The predicted molar refractivity (Wildman–Crippen MR) is 73.0 cm³/mol. The third-order valence-corrected chi connectivity index (χ3v) is 3.61. The van der Waals surface area contributed by atoms with E-state index < -0.39 is 11.6 Å². The van der Waals surface area contributed by atoms with E-state index in [1.165, 1.54) is 12.1 Å². The summed E-state index contributed by atoms with van der Waals surface area (Å²) in [7, 11) is 0. The van der Waals surface area contributed by atoms with Gasteiger partial charge in [-0.15, -0.1) is 0 Å². The van der Waals surface area contributed by atoms with Gasteiger partial charge in [-0.3, -0.25) is 4.90 Å². The molecule has 1 aliphatic heterocycles. The number of likely N-dealkylation sites (tertiary alicyclic amines) is 1. The van der Waals surface area contributed by atoms with Crippen molar-refractivity contribution in [1.82, 2.24) is 10.2 Å². The molecule has 1 saturated heterocycles. The molecule has 1 atom stereocenters. The van der Waals surface area contributed by atoms with Crippen molar-refractivity contribution in [3.8, 4) is 0 Å². The van der Waals surface area contributed by atoms with Crippen LogP contribution in [0.3, 0.4) is 0 Å². The number of halogens is 2. The molecule has 2 nitrogen and oxygen atoms in total. The highest BCUT2D eigenvalue weighted by atomic mass is 19.1. The van der Waals surface area contributed by atoms with Gasteiger partial charge < -0.3 is 5.32 Å². The number of hydrogen-bond donors (Lipinski definition) is 1. The van der Waals surface area contributed by atoms with Crippen LogP contribution in [0.4, 0.5) is 8.78 Å². The third kappa shape index (κ3) is 4.25. The van der Waals surface area contributed by atoms with Crippen molar-refractivity contribution in [2.24, 2.45) is 0 Å². The lowest BCUT2D eigenvalue weighted by molar-refractivity contribution is 0.239. The van der Waals surface area contributed by atoms with Gasteiger partial charge in [0.05, 0.1) is 0 Å². The Morgan fingerprint density at radius 1 is 1.26 bits per heavy atom. The zero-order valence-corrected chi connectivity index (χ0v) is 11.5. The SMILES string of the molecule is CCCNCC1CCCN1Cc1cc(F)cc(F)c1. The summed E-state index contributed by atoms with van der Waals surface area (Å²) in [6.07, 6.45) is 3.45. The summed E-state index contributed by atoms with van der Waals surface area (Å²) in [4.78, 5) is 2.32. The highest BCUT2D eigenvalue weighted by Gasteiger charge is 2.24. The van der Waals surface area contributed by atoms with Crippen molar-refractivity contribution in [3.05, 3.63) is 35.4 Å². The molecule has 1 aromatic rings. The van der Waals surface area contributed by atoms with Crippen LogP contribution < -0.4 is 5.32 Å². The van der Waals surface area contributed by atoms with Gasteiger partial charge in [0, 0.05) is 25.2 Å². The highest BCUT2D eigenvalue weighted by Crippen LogP contribution is 2.20. The Morgan fingerprint density at radius 3 is 2.68 bits per heavy atom. The van der Waals surface area contributed by atoms with Crippen LogP contribution in [0.25, 0.3) is 0 Å². The molecule has 0 saturated carbocycles. The zero-order valence-electron chi connectivity index (χ0n) is 11.5. The molecule has 4 heteroatoms. The van der Waals surface area contributed by atoms with Crippen LogP contribution in [0.1, 0.15) is 31.7 Å². The second-order valence-corrected chi connectivity index (χ2v) is 5.25. The minimum Gasteiger partial charge on any atom is -0.315 e. The second-order valence-electron chi connectivity index (χ2n) is 5.25. The van der Waals surface area contributed by atoms with Gasteiger partial charge in [-0.2, -0.15) is 0 Å². The quantitative estimate of drug-likeness (QED) is 0.798. The summed E-state index contributed by atoms with van der Waals surface area (Å²) < 4.78 is 26.4. The number of benzene rings is 1. The van der Waals surface area contributed by atoms with Crippen molar-refractivity contribution < 1.29 is 8.78 Å². The summed E-state index contributed by atoms with van der Waals surface area (Å²) >= 11 is 0. The van der Waals surface area contributed by atoms with E-state index in [0.717, 1.165) is 50.5 Å². The van der Waals surface area contributed by atoms with Crippen molar-refractivity contribution in [3.63, 3.8) is 0 Å². The molecule has 0 spiro atoms. The lowest BCUT2D eigenvalue weighted by Gasteiger charge is -2.24. The molecule has 1 aromatic carbocycles. The van der Waals surface area contributed by atoms with E-state index in [4.69, 9.17) is 0 Å². The first-order chi connectivity index (χ1) is 9.19. The van der Waals surface area contributed by atoms with Crippen LogP contribution >= 0.6 is 0 Å². The fourth-order valence-corrected chi connectivity index (χ4v) is 2.72. The molecule has 1 fully saturated rings. The normalized spacial score (nSPS) is 20.1. The fourth-order valence-electron chi connectivity index (χ4n) is 2.72. The molecule has 1 unspecified atom stereocenters. The van der Waals surface area contributed by atoms with E-state index in [0.29, 0.717) is 12.6 Å². The van der Waals surface area contributed by atoms with Crippen LogP contribution in [0.15, 0.2) is 18.2 Å². The van der Waals surface area contributed by atoms with Gasteiger partial charge in [-0.05, 0) is 50.0 Å². The molecular formula is C15H22F2N2. The highest BCUT2D eigenvalue weighted by molar-refractivity contribution is 5.18. The minimum absolute atomic E-state index is 0.484. The maximum atomic E-state index is 13.2. The van der Waals surface area contributed by atoms with Crippen molar-refractivity contribution in [2.45, 2.75) is 38.8 Å². The lowest BCUT2D eigenvalue weighted by atomic mass is 10.1. The number of hydrogen-bond acceptors (Lipinski definition) is 2. The molecule has 1 heterocycles. The summed E-state index contributed by atoms with van der Waals surface area (Å²) in [5.74, 6) is -0.982. The Kier molecular flexibility index (Phi) is 5.28. The predicted octanol–water partition coefficient (Wildman–Crippen LogP) is 2.93. The molecule has 0 aromatic heterocycles. The summed E-state index contributed by atoms with van der Waals surface area (Å²) in [6, 6.07) is 4.27. The summed E-state index contributed by atoms with van der Waals surface area (Å²) in [5.41, 5.74) is 0.722. The van der Waals surface area contributed by atoms with Crippen LogP contribution in [0.2, 0.25) is 0 Å². The van der Waals surface area contributed by atoms with Crippen molar-refractivity contribution >= 4 is 0 Å². The Hall–Kier alpha value is -1.00.